The minimum Gasteiger partial charge on any atom is -0.351 e. The van der Waals surface area contributed by atoms with Gasteiger partial charge in [0, 0.05) is 6.04 Å². The summed E-state index contributed by atoms with van der Waals surface area (Å²) >= 11 is 6.05. The third-order valence-electron chi connectivity index (χ3n) is 3.88. The molecule has 0 saturated heterocycles. The first-order valence-electron chi connectivity index (χ1n) is 7.80. The molecule has 2 rings (SSSR count). The van der Waals surface area contributed by atoms with Crippen LogP contribution in [-0.2, 0) is 5.54 Å². The van der Waals surface area contributed by atoms with Crippen molar-refractivity contribution in [3.63, 3.8) is 0 Å². The van der Waals surface area contributed by atoms with Crippen LogP contribution in [0.25, 0.3) is 0 Å². The van der Waals surface area contributed by atoms with E-state index in [1.807, 2.05) is 18.2 Å². The van der Waals surface area contributed by atoms with Crippen molar-refractivity contribution >= 4 is 23.5 Å². The molecule has 0 spiro atoms. The number of benzene rings is 1. The Morgan fingerprint density at radius 2 is 1.57 bits per heavy atom. The average molecular weight is 334 g/mol. The third kappa shape index (κ3) is 4.79. The summed E-state index contributed by atoms with van der Waals surface area (Å²) in [6.07, 6.45) is 0. The lowest BCUT2D eigenvalue weighted by molar-refractivity contribution is 0.555. The fraction of sp³-hybridized carbons (Fsp3) is 0.471. The molecule has 0 aliphatic carbocycles. The topological polar surface area (TPSA) is 62.7 Å². The molecular formula is C17H24ClN5. The van der Waals surface area contributed by atoms with Crippen molar-refractivity contribution in [2.75, 3.05) is 10.6 Å². The van der Waals surface area contributed by atoms with E-state index in [1.165, 1.54) is 0 Å². The summed E-state index contributed by atoms with van der Waals surface area (Å²) in [5.74, 6) is 1.40. The molecule has 1 aromatic heterocycles. The fourth-order valence-corrected chi connectivity index (χ4v) is 2.21. The lowest BCUT2D eigenvalue weighted by Gasteiger charge is -2.27. The van der Waals surface area contributed by atoms with E-state index in [2.05, 4.69) is 72.3 Å². The second kappa shape index (κ2) is 7.13. The maximum Gasteiger partial charge on any atom is 0.229 e. The van der Waals surface area contributed by atoms with Crippen LogP contribution in [0.5, 0.6) is 0 Å². The van der Waals surface area contributed by atoms with Crippen LogP contribution in [0, 0.1) is 5.92 Å². The van der Waals surface area contributed by atoms with E-state index in [0.717, 1.165) is 5.56 Å². The quantitative estimate of drug-likeness (QED) is 0.823. The molecule has 6 heteroatoms. The number of nitrogens with zero attached hydrogens (tertiary/aromatic N) is 3. The van der Waals surface area contributed by atoms with Crippen molar-refractivity contribution in [3.8, 4) is 0 Å². The zero-order valence-corrected chi connectivity index (χ0v) is 15.0. The highest BCUT2D eigenvalue weighted by molar-refractivity contribution is 6.28. The van der Waals surface area contributed by atoms with Crippen molar-refractivity contribution in [1.29, 1.82) is 0 Å². The molecule has 0 amide bonds. The lowest BCUT2D eigenvalue weighted by Crippen LogP contribution is -2.29. The number of hydrogen-bond acceptors (Lipinski definition) is 5. The van der Waals surface area contributed by atoms with E-state index < -0.39 is 0 Å². The zero-order chi connectivity index (χ0) is 17.0. The number of hydrogen-bond donors (Lipinski definition) is 2. The van der Waals surface area contributed by atoms with Gasteiger partial charge >= 0.3 is 0 Å². The van der Waals surface area contributed by atoms with Crippen LogP contribution in [-0.4, -0.2) is 21.0 Å². The van der Waals surface area contributed by atoms with Gasteiger partial charge in [-0.1, -0.05) is 44.2 Å². The molecule has 0 saturated carbocycles. The van der Waals surface area contributed by atoms with Gasteiger partial charge in [-0.15, -0.1) is 0 Å². The van der Waals surface area contributed by atoms with Crippen molar-refractivity contribution in [2.45, 2.75) is 46.2 Å². The second-order valence-corrected chi connectivity index (χ2v) is 6.88. The van der Waals surface area contributed by atoms with Gasteiger partial charge in [0.05, 0.1) is 5.54 Å². The largest absolute Gasteiger partial charge is 0.351 e. The van der Waals surface area contributed by atoms with Crippen molar-refractivity contribution in [2.24, 2.45) is 5.92 Å². The van der Waals surface area contributed by atoms with Gasteiger partial charge in [0.15, 0.2) is 0 Å². The smallest absolute Gasteiger partial charge is 0.229 e. The van der Waals surface area contributed by atoms with Gasteiger partial charge in [-0.3, -0.25) is 0 Å². The first kappa shape index (κ1) is 17.5. The molecule has 2 aromatic rings. The minimum atomic E-state index is -0.327. The first-order valence-corrected chi connectivity index (χ1v) is 8.17. The lowest BCUT2D eigenvalue weighted by atomic mass is 9.95. The standard InChI is InChI=1S/C17H24ClN5/c1-11(2)12(3)19-15-20-14(18)21-16(22-15)23-17(4,5)13-9-7-6-8-10-13/h6-12H,1-5H3,(H2,19,20,21,22,23). The summed E-state index contributed by atoms with van der Waals surface area (Å²) < 4.78 is 0. The molecule has 1 atom stereocenters. The summed E-state index contributed by atoms with van der Waals surface area (Å²) in [6.45, 7) is 10.5. The predicted octanol–water partition coefficient (Wildman–Crippen LogP) is 4.33. The van der Waals surface area contributed by atoms with Crippen LogP contribution >= 0.6 is 11.6 Å². The van der Waals surface area contributed by atoms with Crippen molar-refractivity contribution < 1.29 is 0 Å². The van der Waals surface area contributed by atoms with Crippen LogP contribution < -0.4 is 10.6 Å². The van der Waals surface area contributed by atoms with E-state index in [4.69, 9.17) is 11.6 Å². The molecular weight excluding hydrogens is 310 g/mol. The van der Waals surface area contributed by atoms with Crippen molar-refractivity contribution in [3.05, 3.63) is 41.2 Å². The van der Waals surface area contributed by atoms with Crippen LogP contribution in [0.3, 0.4) is 0 Å². The highest BCUT2D eigenvalue weighted by Gasteiger charge is 2.22. The molecule has 0 aliphatic heterocycles. The van der Waals surface area contributed by atoms with Gasteiger partial charge < -0.3 is 10.6 Å². The van der Waals surface area contributed by atoms with Gasteiger partial charge in [-0.25, -0.2) is 0 Å². The van der Waals surface area contributed by atoms with Crippen LogP contribution in [0.15, 0.2) is 30.3 Å². The van der Waals surface area contributed by atoms with E-state index in [-0.39, 0.29) is 16.9 Å². The number of halogens is 1. The van der Waals surface area contributed by atoms with Gasteiger partial charge in [-0.2, -0.15) is 15.0 Å². The Bertz CT molecular complexity index is 643. The zero-order valence-electron chi connectivity index (χ0n) is 14.3. The van der Waals surface area contributed by atoms with Gasteiger partial charge in [0.2, 0.25) is 17.2 Å². The monoisotopic (exact) mass is 333 g/mol. The number of rotatable bonds is 6. The number of aromatic nitrogens is 3. The van der Waals surface area contributed by atoms with E-state index in [1.54, 1.807) is 0 Å². The Morgan fingerprint density at radius 3 is 2.17 bits per heavy atom. The molecule has 0 bridgehead atoms. The third-order valence-corrected chi connectivity index (χ3v) is 4.05. The number of anilines is 2. The Balaban J connectivity index is 2.21. The first-order chi connectivity index (χ1) is 10.8. The van der Waals surface area contributed by atoms with Crippen molar-refractivity contribution in [1.82, 2.24) is 15.0 Å². The summed E-state index contributed by atoms with van der Waals surface area (Å²) in [5.41, 5.74) is 0.814. The summed E-state index contributed by atoms with van der Waals surface area (Å²) in [5, 5.41) is 6.76. The van der Waals surface area contributed by atoms with E-state index >= 15 is 0 Å². The molecule has 1 aromatic carbocycles. The SMILES string of the molecule is CC(C)C(C)Nc1nc(Cl)nc(NC(C)(C)c2ccccc2)n1. The highest BCUT2D eigenvalue weighted by atomic mass is 35.5. The molecule has 0 fully saturated rings. The summed E-state index contributed by atoms with van der Waals surface area (Å²) in [4.78, 5) is 12.8. The van der Waals surface area contributed by atoms with E-state index in [9.17, 15) is 0 Å². The fourth-order valence-electron chi connectivity index (χ4n) is 2.05. The van der Waals surface area contributed by atoms with Crippen LogP contribution in [0.1, 0.15) is 40.2 Å². The molecule has 1 heterocycles. The predicted molar refractivity (Wildman–Crippen MR) is 95.9 cm³/mol. The Hall–Kier alpha value is -1.88. The molecule has 124 valence electrons. The summed E-state index contributed by atoms with van der Waals surface area (Å²) in [6, 6.07) is 10.4. The minimum absolute atomic E-state index is 0.171. The van der Waals surface area contributed by atoms with Gasteiger partial charge in [0.1, 0.15) is 0 Å². The van der Waals surface area contributed by atoms with E-state index in [0.29, 0.717) is 17.8 Å². The second-order valence-electron chi connectivity index (χ2n) is 6.54. The van der Waals surface area contributed by atoms with Gasteiger partial charge in [-0.05, 0) is 43.9 Å². The normalized spacial score (nSPS) is 13.0. The molecule has 1 unspecified atom stereocenters. The molecule has 23 heavy (non-hydrogen) atoms. The molecule has 0 aliphatic rings. The number of nitrogens with one attached hydrogen (secondary N) is 2. The van der Waals surface area contributed by atoms with Crippen LogP contribution in [0.4, 0.5) is 11.9 Å². The molecule has 5 nitrogen and oxygen atoms in total. The maximum atomic E-state index is 6.05. The Kier molecular flexibility index (Phi) is 5.42. The average Bonchev–Trinajstić information content (AvgIpc) is 2.46. The Morgan fingerprint density at radius 1 is 0.957 bits per heavy atom. The summed E-state index contributed by atoms with van der Waals surface area (Å²) in [7, 11) is 0. The molecule has 0 radical (unpaired) electrons. The Labute approximate surface area is 142 Å². The van der Waals surface area contributed by atoms with Gasteiger partial charge in [0.25, 0.3) is 0 Å². The maximum absolute atomic E-state index is 6.05. The van der Waals surface area contributed by atoms with Crippen LogP contribution in [0.2, 0.25) is 5.28 Å². The molecule has 2 N–H and O–H groups in total. The highest BCUT2D eigenvalue weighted by Crippen LogP contribution is 2.24.